The Kier molecular flexibility index (Phi) is 8.51. The summed E-state index contributed by atoms with van der Waals surface area (Å²) in [6.07, 6.45) is -0.666. The lowest BCUT2D eigenvalue weighted by Gasteiger charge is -2.35. The zero-order valence-electron chi connectivity index (χ0n) is 26.0. The number of carbonyl (C=O) groups excluding carboxylic acids is 3. The van der Waals surface area contributed by atoms with Crippen LogP contribution in [0.5, 0.6) is 0 Å². The molecule has 0 bridgehead atoms. The molecule has 9 heteroatoms. The summed E-state index contributed by atoms with van der Waals surface area (Å²) >= 11 is 1.61. The largest absolute Gasteiger partial charge is 0.391 e. The number of fused-ring (bicyclic) bond motifs is 1. The highest BCUT2D eigenvalue weighted by Gasteiger charge is 2.46. The monoisotopic (exact) mass is 602 g/mol. The van der Waals surface area contributed by atoms with Crippen molar-refractivity contribution in [3.63, 3.8) is 0 Å². The molecule has 1 fully saturated rings. The molecule has 2 aliphatic rings. The first-order chi connectivity index (χ1) is 20.3. The van der Waals surface area contributed by atoms with Crippen molar-refractivity contribution in [2.75, 3.05) is 6.54 Å². The SMILES string of the molecule is Cc1ncsc1-c1ccc([C@H](C)NC(=O)C2C[C@@H](O)CN2C(=O)[C@H](C(C)C)N2Cc3ccccc3C2=O)c(C(C)(C)C)c1. The number of aromatic nitrogens is 1. The van der Waals surface area contributed by atoms with Crippen LogP contribution in [-0.4, -0.2) is 62.3 Å². The molecule has 8 nitrogen and oxygen atoms in total. The normalized spacial score (nSPS) is 20.0. The van der Waals surface area contributed by atoms with E-state index in [-0.39, 0.29) is 48.1 Å². The van der Waals surface area contributed by atoms with Gasteiger partial charge >= 0.3 is 0 Å². The van der Waals surface area contributed by atoms with Crippen LogP contribution in [0.2, 0.25) is 0 Å². The van der Waals surface area contributed by atoms with Crippen molar-refractivity contribution in [1.82, 2.24) is 20.1 Å². The number of amides is 3. The summed E-state index contributed by atoms with van der Waals surface area (Å²) in [7, 11) is 0. The van der Waals surface area contributed by atoms with Crippen molar-refractivity contribution >= 4 is 29.1 Å². The summed E-state index contributed by atoms with van der Waals surface area (Å²) < 4.78 is 0. The van der Waals surface area contributed by atoms with Gasteiger partial charge in [-0.25, -0.2) is 4.98 Å². The van der Waals surface area contributed by atoms with Gasteiger partial charge in [0.1, 0.15) is 12.1 Å². The Morgan fingerprint density at radius 3 is 2.47 bits per heavy atom. The first-order valence-electron chi connectivity index (χ1n) is 15.0. The maximum Gasteiger partial charge on any atom is 0.255 e. The quantitative estimate of drug-likeness (QED) is 0.385. The lowest BCUT2D eigenvalue weighted by atomic mass is 9.81. The number of benzene rings is 2. The van der Waals surface area contributed by atoms with E-state index in [2.05, 4.69) is 49.3 Å². The standard InChI is InChI=1S/C34H42N4O4S/c1-19(2)29(38-16-23-10-8-9-11-26(23)32(38)41)33(42)37-17-24(39)15-28(37)31(40)36-20(3)25-13-12-22(14-27(25)34(5,6)7)30-21(4)35-18-43-30/h8-14,18-20,24,28-29,39H,15-17H2,1-7H3,(H,36,40)/t20-,24+,28?,29-/m0/s1. The highest BCUT2D eigenvalue weighted by atomic mass is 32.1. The number of thiazole rings is 1. The molecular formula is C34H42N4O4S. The Bertz CT molecular complexity index is 1540. The van der Waals surface area contributed by atoms with Gasteiger partial charge in [-0.1, -0.05) is 65.0 Å². The molecule has 3 aromatic rings. The Labute approximate surface area is 258 Å². The van der Waals surface area contributed by atoms with Crippen LogP contribution in [0.1, 0.15) is 86.7 Å². The van der Waals surface area contributed by atoms with E-state index in [9.17, 15) is 19.5 Å². The van der Waals surface area contributed by atoms with Crippen molar-refractivity contribution in [1.29, 1.82) is 0 Å². The highest BCUT2D eigenvalue weighted by molar-refractivity contribution is 7.13. The van der Waals surface area contributed by atoms with Crippen LogP contribution >= 0.6 is 11.3 Å². The van der Waals surface area contributed by atoms with Crippen molar-refractivity contribution in [2.45, 2.75) is 91.1 Å². The first kappa shape index (κ1) is 30.9. The van der Waals surface area contributed by atoms with E-state index < -0.39 is 18.2 Å². The fourth-order valence-electron chi connectivity index (χ4n) is 6.45. The Balaban J connectivity index is 1.37. The molecular weight excluding hydrogens is 560 g/mol. The molecule has 0 radical (unpaired) electrons. The first-order valence-corrected chi connectivity index (χ1v) is 15.9. The van der Waals surface area contributed by atoms with Gasteiger partial charge in [0.05, 0.1) is 28.2 Å². The molecule has 2 N–H and O–H groups in total. The van der Waals surface area contributed by atoms with Crippen LogP contribution in [0.3, 0.4) is 0 Å². The van der Waals surface area contributed by atoms with Gasteiger partial charge in [-0.15, -0.1) is 11.3 Å². The second-order valence-corrected chi connectivity index (χ2v) is 14.1. The summed E-state index contributed by atoms with van der Waals surface area (Å²) in [5.74, 6) is -0.969. The van der Waals surface area contributed by atoms with Gasteiger partial charge in [0.2, 0.25) is 11.8 Å². The average Bonchev–Trinajstić information content (AvgIpc) is 3.65. The number of hydrogen-bond acceptors (Lipinski definition) is 6. The molecule has 1 unspecified atom stereocenters. The number of aliphatic hydroxyl groups excluding tert-OH is 1. The van der Waals surface area contributed by atoms with Crippen molar-refractivity contribution < 1.29 is 19.5 Å². The number of nitrogens with zero attached hydrogens (tertiary/aromatic N) is 3. The van der Waals surface area contributed by atoms with Gasteiger partial charge in [-0.2, -0.15) is 0 Å². The number of β-amino-alcohol motifs (C(OH)–C–C–N with tert-alkyl or cyclic N) is 1. The molecule has 43 heavy (non-hydrogen) atoms. The van der Waals surface area contributed by atoms with E-state index in [0.29, 0.717) is 12.1 Å². The summed E-state index contributed by atoms with van der Waals surface area (Å²) in [5.41, 5.74) is 7.38. The molecule has 0 saturated carbocycles. The third-order valence-electron chi connectivity index (χ3n) is 8.63. The molecule has 228 valence electrons. The van der Waals surface area contributed by atoms with Gasteiger partial charge in [0, 0.05) is 25.1 Å². The molecule has 0 spiro atoms. The lowest BCUT2D eigenvalue weighted by Crippen LogP contribution is -2.55. The minimum Gasteiger partial charge on any atom is -0.391 e. The molecule has 0 aliphatic carbocycles. The molecule has 3 amide bonds. The maximum atomic E-state index is 14.1. The van der Waals surface area contributed by atoms with E-state index in [1.54, 1.807) is 22.3 Å². The van der Waals surface area contributed by atoms with Gasteiger partial charge in [-0.05, 0) is 59.6 Å². The number of nitrogens with one attached hydrogen (secondary N) is 1. The van der Waals surface area contributed by atoms with Gasteiger partial charge < -0.3 is 20.2 Å². The summed E-state index contributed by atoms with van der Waals surface area (Å²) in [5, 5.41) is 13.8. The van der Waals surface area contributed by atoms with Crippen LogP contribution in [0.4, 0.5) is 0 Å². The molecule has 5 rings (SSSR count). The summed E-state index contributed by atoms with van der Waals surface area (Å²) in [6, 6.07) is 11.8. The number of carbonyl (C=O) groups is 3. The van der Waals surface area contributed by atoms with Crippen molar-refractivity contribution in [3.05, 3.63) is 75.9 Å². The van der Waals surface area contributed by atoms with Crippen molar-refractivity contribution in [2.24, 2.45) is 5.92 Å². The van der Waals surface area contributed by atoms with Gasteiger partial charge in [0.15, 0.2) is 0 Å². The van der Waals surface area contributed by atoms with Crippen LogP contribution < -0.4 is 5.32 Å². The fourth-order valence-corrected chi connectivity index (χ4v) is 7.25. The zero-order chi connectivity index (χ0) is 31.2. The zero-order valence-corrected chi connectivity index (χ0v) is 26.9. The van der Waals surface area contributed by atoms with E-state index in [4.69, 9.17) is 0 Å². The maximum absolute atomic E-state index is 14.1. The molecule has 2 aromatic carbocycles. The predicted octanol–water partition coefficient (Wildman–Crippen LogP) is 5.24. The molecule has 1 saturated heterocycles. The van der Waals surface area contributed by atoms with Crippen LogP contribution in [0, 0.1) is 12.8 Å². The highest BCUT2D eigenvalue weighted by Crippen LogP contribution is 2.36. The molecule has 2 aliphatic heterocycles. The smallest absolute Gasteiger partial charge is 0.255 e. The third kappa shape index (κ3) is 5.97. The Hall–Kier alpha value is -3.56. The third-order valence-corrected chi connectivity index (χ3v) is 9.61. The fraction of sp³-hybridized carbons (Fsp3) is 0.471. The predicted molar refractivity (Wildman–Crippen MR) is 169 cm³/mol. The number of likely N-dealkylation sites (tertiary alicyclic amines) is 1. The lowest BCUT2D eigenvalue weighted by molar-refractivity contribution is -0.143. The molecule has 1 aromatic heterocycles. The van der Waals surface area contributed by atoms with Crippen LogP contribution in [0.15, 0.2) is 48.0 Å². The Morgan fingerprint density at radius 1 is 1.12 bits per heavy atom. The number of hydrogen-bond donors (Lipinski definition) is 2. The van der Waals surface area contributed by atoms with E-state index >= 15 is 0 Å². The average molecular weight is 603 g/mol. The number of aliphatic hydroxyl groups is 1. The minimum absolute atomic E-state index is 0.0552. The van der Waals surface area contributed by atoms with E-state index in [0.717, 1.165) is 32.8 Å². The van der Waals surface area contributed by atoms with Gasteiger partial charge in [0.25, 0.3) is 5.91 Å². The van der Waals surface area contributed by atoms with E-state index in [1.165, 1.54) is 4.90 Å². The van der Waals surface area contributed by atoms with Gasteiger partial charge in [-0.3, -0.25) is 14.4 Å². The second-order valence-electron chi connectivity index (χ2n) is 13.2. The summed E-state index contributed by atoms with van der Waals surface area (Å²) in [4.78, 5) is 49.8. The minimum atomic E-state index is -0.830. The Morgan fingerprint density at radius 2 is 1.84 bits per heavy atom. The van der Waals surface area contributed by atoms with E-state index in [1.807, 2.05) is 51.4 Å². The van der Waals surface area contributed by atoms with Crippen LogP contribution in [-0.2, 0) is 21.5 Å². The number of rotatable bonds is 7. The topological polar surface area (TPSA) is 103 Å². The summed E-state index contributed by atoms with van der Waals surface area (Å²) in [6.45, 7) is 14.6. The van der Waals surface area contributed by atoms with Crippen LogP contribution in [0.25, 0.3) is 10.4 Å². The molecule has 3 heterocycles. The van der Waals surface area contributed by atoms with Crippen molar-refractivity contribution in [3.8, 4) is 10.4 Å². The molecule has 4 atom stereocenters. The number of aryl methyl sites for hydroxylation is 1. The second kappa shape index (κ2) is 11.8.